The van der Waals surface area contributed by atoms with Gasteiger partial charge in [0.2, 0.25) is 0 Å². The van der Waals surface area contributed by atoms with Crippen LogP contribution in [0.5, 0.6) is 0 Å². The second kappa shape index (κ2) is 4.54. The van der Waals surface area contributed by atoms with Crippen molar-refractivity contribution < 1.29 is 8.42 Å². The third kappa shape index (κ3) is 2.62. The second-order valence-corrected chi connectivity index (χ2v) is 6.58. The van der Waals surface area contributed by atoms with Gasteiger partial charge in [0.1, 0.15) is 0 Å². The summed E-state index contributed by atoms with van der Waals surface area (Å²) in [5, 5.41) is 0. The average molecular weight is 278 g/mol. The highest BCUT2D eigenvalue weighted by molar-refractivity contribution is 7.91. The van der Waals surface area contributed by atoms with E-state index in [-0.39, 0.29) is 15.2 Å². The third-order valence-electron chi connectivity index (χ3n) is 1.85. The molecule has 16 heavy (non-hydrogen) atoms. The van der Waals surface area contributed by atoms with Gasteiger partial charge < -0.3 is 4.98 Å². The van der Waals surface area contributed by atoms with Crippen LogP contribution in [0.25, 0.3) is 0 Å². The zero-order valence-corrected chi connectivity index (χ0v) is 10.4. The fraction of sp³-hybridized carbons (Fsp3) is 0.125. The first kappa shape index (κ1) is 11.6. The summed E-state index contributed by atoms with van der Waals surface area (Å²) in [5.74, 6) is 0. The first-order valence-electron chi connectivity index (χ1n) is 4.30. The molecule has 0 bridgehead atoms. The molecule has 0 aliphatic heterocycles. The van der Waals surface area contributed by atoms with Crippen LogP contribution in [-0.4, -0.2) is 18.4 Å². The van der Waals surface area contributed by atoms with Crippen molar-refractivity contribution in [2.75, 3.05) is 0 Å². The van der Waals surface area contributed by atoms with E-state index >= 15 is 0 Å². The predicted molar refractivity (Wildman–Crippen MR) is 61.9 cm³/mol. The highest BCUT2D eigenvalue weighted by Gasteiger charge is 2.16. The summed E-state index contributed by atoms with van der Waals surface area (Å²) in [6.45, 7) is 0.237. The van der Waals surface area contributed by atoms with E-state index in [1.54, 1.807) is 18.5 Å². The van der Waals surface area contributed by atoms with Gasteiger partial charge in [-0.25, -0.2) is 18.1 Å². The maximum Gasteiger partial charge on any atom is 0.252 e. The van der Waals surface area contributed by atoms with Crippen LogP contribution in [0.3, 0.4) is 0 Å². The van der Waals surface area contributed by atoms with Gasteiger partial charge in [0.15, 0.2) is 8.68 Å². The van der Waals surface area contributed by atoms with Crippen molar-refractivity contribution in [3.05, 3.63) is 34.7 Å². The van der Waals surface area contributed by atoms with Crippen molar-refractivity contribution in [1.29, 1.82) is 0 Å². The number of rotatable bonds is 4. The summed E-state index contributed by atoms with van der Waals surface area (Å²) < 4.78 is 26.2. The molecular weight excluding hydrogens is 270 g/mol. The summed E-state index contributed by atoms with van der Waals surface area (Å²) in [7, 11) is -3.51. The molecule has 0 amide bonds. The largest absolute Gasteiger partial charge is 0.367 e. The summed E-state index contributed by atoms with van der Waals surface area (Å²) in [4.78, 5) is 6.53. The van der Waals surface area contributed by atoms with Crippen LogP contribution in [-0.2, 0) is 16.6 Å². The molecule has 0 aliphatic rings. The van der Waals surface area contributed by atoms with Crippen LogP contribution >= 0.6 is 22.9 Å². The molecule has 5 nitrogen and oxygen atoms in total. The first-order chi connectivity index (χ1) is 7.58. The van der Waals surface area contributed by atoms with Crippen molar-refractivity contribution in [2.24, 2.45) is 0 Å². The normalized spacial score (nSPS) is 11.8. The Balaban J connectivity index is 2.09. The molecule has 2 rings (SSSR count). The standard InChI is InChI=1S/C8H8ClN3O2S2/c9-8-11-5-7(15-8)16(13,14)12-4-6-1-2-10-3-6/h1-3,5,10,12H,4H2. The van der Waals surface area contributed by atoms with Gasteiger partial charge in [-0.05, 0) is 11.6 Å². The molecule has 2 N–H and O–H groups in total. The minimum atomic E-state index is -3.51. The predicted octanol–water partition coefficient (Wildman–Crippen LogP) is 1.60. The molecule has 0 radical (unpaired) electrons. The summed E-state index contributed by atoms with van der Waals surface area (Å²) in [5.41, 5.74) is 0.860. The Kier molecular flexibility index (Phi) is 3.29. The Hall–Kier alpha value is -0.890. The lowest BCUT2D eigenvalue weighted by Gasteiger charge is -2.01. The summed E-state index contributed by atoms with van der Waals surface area (Å²) >= 11 is 6.50. The molecule has 2 heterocycles. The topological polar surface area (TPSA) is 74.8 Å². The molecule has 0 aromatic carbocycles. The van der Waals surface area contributed by atoms with Gasteiger partial charge in [-0.2, -0.15) is 0 Å². The maximum absolute atomic E-state index is 11.7. The Morgan fingerprint density at radius 2 is 2.38 bits per heavy atom. The third-order valence-corrected chi connectivity index (χ3v) is 4.83. The van der Waals surface area contributed by atoms with Crippen molar-refractivity contribution in [2.45, 2.75) is 10.8 Å². The molecule has 0 saturated carbocycles. The van der Waals surface area contributed by atoms with Crippen molar-refractivity contribution >= 4 is 33.0 Å². The Morgan fingerprint density at radius 1 is 1.56 bits per heavy atom. The van der Waals surface area contributed by atoms with E-state index in [0.717, 1.165) is 16.9 Å². The monoisotopic (exact) mass is 277 g/mol. The van der Waals surface area contributed by atoms with Gasteiger partial charge in [-0.1, -0.05) is 22.9 Å². The van der Waals surface area contributed by atoms with Crippen LogP contribution in [0.2, 0.25) is 4.47 Å². The van der Waals surface area contributed by atoms with E-state index in [1.807, 2.05) is 0 Å². The van der Waals surface area contributed by atoms with Crippen molar-refractivity contribution in [3.8, 4) is 0 Å². The Labute approximate surface area is 102 Å². The number of nitrogens with zero attached hydrogens (tertiary/aromatic N) is 1. The molecule has 2 aromatic heterocycles. The van der Waals surface area contributed by atoms with Gasteiger partial charge in [-0.15, -0.1) is 0 Å². The van der Waals surface area contributed by atoms with Gasteiger partial charge in [0.25, 0.3) is 10.0 Å². The van der Waals surface area contributed by atoms with Crippen LogP contribution in [0.4, 0.5) is 0 Å². The number of H-pyrrole nitrogens is 1. The number of aromatic amines is 1. The van der Waals surface area contributed by atoms with Gasteiger partial charge in [0.05, 0.1) is 6.20 Å². The molecule has 0 atom stereocenters. The van der Waals surface area contributed by atoms with Crippen LogP contribution in [0.1, 0.15) is 5.56 Å². The number of thiazole rings is 1. The maximum atomic E-state index is 11.7. The van der Waals surface area contributed by atoms with Gasteiger partial charge in [0, 0.05) is 18.9 Å². The summed E-state index contributed by atoms with van der Waals surface area (Å²) in [6, 6.07) is 1.79. The number of hydrogen-bond donors (Lipinski definition) is 2. The molecule has 0 fully saturated rings. The average Bonchev–Trinajstić information content (AvgIpc) is 2.85. The Morgan fingerprint density at radius 3 is 2.94 bits per heavy atom. The van der Waals surface area contributed by atoms with E-state index in [4.69, 9.17) is 11.6 Å². The van der Waals surface area contributed by atoms with E-state index in [9.17, 15) is 8.42 Å². The highest BCUT2D eigenvalue weighted by atomic mass is 35.5. The summed E-state index contributed by atoms with van der Waals surface area (Å²) in [6.07, 6.45) is 4.70. The number of hydrogen-bond acceptors (Lipinski definition) is 4. The quantitative estimate of drug-likeness (QED) is 0.891. The molecule has 8 heteroatoms. The molecule has 0 unspecified atom stereocenters. The Bertz CT molecular complexity index is 562. The second-order valence-electron chi connectivity index (χ2n) is 2.98. The zero-order valence-electron chi connectivity index (χ0n) is 7.97. The van der Waals surface area contributed by atoms with Gasteiger partial charge in [-0.3, -0.25) is 0 Å². The smallest absolute Gasteiger partial charge is 0.252 e. The number of halogens is 1. The van der Waals surface area contributed by atoms with Crippen LogP contribution in [0, 0.1) is 0 Å². The molecular formula is C8H8ClN3O2S2. The van der Waals surface area contributed by atoms with E-state index in [0.29, 0.717) is 0 Å². The number of aromatic nitrogens is 2. The van der Waals surface area contributed by atoms with Crippen LogP contribution in [0.15, 0.2) is 28.9 Å². The van der Waals surface area contributed by atoms with E-state index < -0.39 is 10.0 Å². The number of nitrogens with one attached hydrogen (secondary N) is 2. The van der Waals surface area contributed by atoms with Crippen LogP contribution < -0.4 is 4.72 Å². The first-order valence-corrected chi connectivity index (χ1v) is 6.98. The lowest BCUT2D eigenvalue weighted by molar-refractivity contribution is 0.583. The van der Waals surface area contributed by atoms with Gasteiger partial charge >= 0.3 is 0 Å². The lowest BCUT2D eigenvalue weighted by atomic mass is 10.4. The van der Waals surface area contributed by atoms with E-state index in [2.05, 4.69) is 14.7 Å². The molecule has 0 saturated heterocycles. The number of sulfonamides is 1. The fourth-order valence-electron chi connectivity index (χ4n) is 1.08. The SMILES string of the molecule is O=S(=O)(NCc1cc[nH]c1)c1cnc(Cl)s1. The molecule has 0 aliphatic carbocycles. The highest BCUT2D eigenvalue weighted by Crippen LogP contribution is 2.22. The zero-order chi connectivity index (χ0) is 11.6. The molecule has 2 aromatic rings. The van der Waals surface area contributed by atoms with Crippen molar-refractivity contribution in [1.82, 2.24) is 14.7 Å². The lowest BCUT2D eigenvalue weighted by Crippen LogP contribution is -2.22. The van der Waals surface area contributed by atoms with Crippen molar-refractivity contribution in [3.63, 3.8) is 0 Å². The molecule has 0 spiro atoms. The minimum absolute atomic E-state index is 0.119. The fourth-order valence-corrected chi connectivity index (χ4v) is 3.44. The minimum Gasteiger partial charge on any atom is -0.367 e. The van der Waals surface area contributed by atoms with E-state index in [1.165, 1.54) is 6.20 Å². The molecule has 86 valence electrons.